The number of hydrogen-bond donors (Lipinski definition) is 0. The molecule has 1 rings (SSSR count). The van der Waals surface area contributed by atoms with Crippen LogP contribution in [0, 0.1) is 0 Å². The number of rotatable bonds is 5. The van der Waals surface area contributed by atoms with Gasteiger partial charge in [0.25, 0.3) is 0 Å². The lowest BCUT2D eigenvalue weighted by Gasteiger charge is -2.08. The molecular weight excluding hydrogens is 239 g/mol. The summed E-state index contributed by atoms with van der Waals surface area (Å²) in [6.45, 7) is -0.0840. The van der Waals surface area contributed by atoms with Gasteiger partial charge >= 0.3 is 0 Å². The first kappa shape index (κ1) is 12.3. The van der Waals surface area contributed by atoms with Gasteiger partial charge in [-0.2, -0.15) is 0 Å². The lowest BCUT2D eigenvalue weighted by molar-refractivity contribution is -0.124. The number of hydrogen-bond acceptors (Lipinski definition) is 3. The zero-order valence-electron chi connectivity index (χ0n) is 8.13. The minimum atomic E-state index is -0.173. The predicted molar refractivity (Wildman–Crippen MR) is 58.8 cm³/mol. The fraction of sp³-hybridized carbons (Fsp3) is 0.300. The smallest absolute Gasteiger partial charge is 0.195 e. The van der Waals surface area contributed by atoms with Crippen LogP contribution in [-0.4, -0.2) is 26.1 Å². The van der Waals surface area contributed by atoms with Crippen molar-refractivity contribution in [3.63, 3.8) is 0 Å². The molecule has 0 aliphatic heterocycles. The van der Waals surface area contributed by atoms with Crippen LogP contribution in [-0.2, 0) is 9.53 Å². The topological polar surface area (TPSA) is 35.5 Å². The number of carbonyl (C=O) groups is 1. The summed E-state index contributed by atoms with van der Waals surface area (Å²) in [7, 11) is 1.44. The number of ether oxygens (including phenoxy) is 2. The fourth-order valence-electron chi connectivity index (χ4n) is 0.976. The van der Waals surface area contributed by atoms with E-state index in [0.717, 1.165) is 0 Å². The second-order valence-corrected chi connectivity index (χ2v) is 3.63. The van der Waals surface area contributed by atoms with Gasteiger partial charge in [0, 0.05) is 7.11 Å². The number of methoxy groups -OCH3 is 1. The zero-order valence-corrected chi connectivity index (χ0v) is 9.64. The molecule has 1 aromatic carbocycles. The van der Waals surface area contributed by atoms with Crippen molar-refractivity contribution < 1.29 is 14.3 Å². The predicted octanol–water partition coefficient (Wildman–Crippen LogP) is 2.59. The number of para-hydroxylation sites is 1. The Morgan fingerprint density at radius 3 is 2.40 bits per heavy atom. The standard InChI is InChI=1S/C10H10Cl2O3/c1-14-5-7(13)6-15-10-8(11)3-2-4-9(10)12/h2-4H,5-6H2,1H3. The quantitative estimate of drug-likeness (QED) is 0.804. The van der Waals surface area contributed by atoms with E-state index >= 15 is 0 Å². The molecule has 15 heavy (non-hydrogen) atoms. The van der Waals surface area contributed by atoms with Gasteiger partial charge in [0.15, 0.2) is 11.5 Å². The molecule has 0 aliphatic rings. The van der Waals surface area contributed by atoms with Crippen LogP contribution in [0.3, 0.4) is 0 Å². The van der Waals surface area contributed by atoms with E-state index in [1.807, 2.05) is 0 Å². The Morgan fingerprint density at radius 1 is 1.27 bits per heavy atom. The second kappa shape index (κ2) is 5.95. The Hall–Kier alpha value is -0.770. The van der Waals surface area contributed by atoms with Crippen molar-refractivity contribution in [2.75, 3.05) is 20.3 Å². The van der Waals surface area contributed by atoms with Crippen molar-refractivity contribution in [2.24, 2.45) is 0 Å². The third kappa shape index (κ3) is 3.70. The van der Waals surface area contributed by atoms with E-state index in [9.17, 15) is 4.79 Å². The lowest BCUT2D eigenvalue weighted by atomic mass is 10.3. The molecule has 0 spiro atoms. The fourth-order valence-corrected chi connectivity index (χ4v) is 1.48. The summed E-state index contributed by atoms with van der Waals surface area (Å²) in [6, 6.07) is 4.99. The molecule has 0 unspecified atom stereocenters. The van der Waals surface area contributed by atoms with E-state index in [2.05, 4.69) is 4.74 Å². The van der Waals surface area contributed by atoms with E-state index in [1.54, 1.807) is 18.2 Å². The Labute approximate surface area is 97.9 Å². The molecule has 0 aliphatic carbocycles. The third-order valence-corrected chi connectivity index (χ3v) is 2.20. The van der Waals surface area contributed by atoms with Crippen LogP contribution >= 0.6 is 23.2 Å². The second-order valence-electron chi connectivity index (χ2n) is 2.81. The maximum atomic E-state index is 11.1. The van der Waals surface area contributed by atoms with Gasteiger partial charge in [-0.25, -0.2) is 0 Å². The average molecular weight is 249 g/mol. The molecule has 0 saturated carbocycles. The molecule has 0 bridgehead atoms. The summed E-state index contributed by atoms with van der Waals surface area (Å²) in [5.41, 5.74) is 0. The molecule has 0 heterocycles. The van der Waals surface area contributed by atoms with Crippen LogP contribution in [0.5, 0.6) is 5.75 Å². The molecule has 1 aromatic rings. The Balaban J connectivity index is 2.61. The Kier molecular flexibility index (Phi) is 4.88. The van der Waals surface area contributed by atoms with Crippen LogP contribution in [0.25, 0.3) is 0 Å². The van der Waals surface area contributed by atoms with E-state index in [-0.39, 0.29) is 19.0 Å². The van der Waals surface area contributed by atoms with Gasteiger partial charge in [-0.15, -0.1) is 0 Å². The van der Waals surface area contributed by atoms with Crippen molar-refractivity contribution >= 4 is 29.0 Å². The van der Waals surface area contributed by atoms with E-state index in [1.165, 1.54) is 7.11 Å². The molecule has 82 valence electrons. The van der Waals surface area contributed by atoms with E-state index in [4.69, 9.17) is 27.9 Å². The zero-order chi connectivity index (χ0) is 11.3. The van der Waals surface area contributed by atoms with Crippen molar-refractivity contribution in [3.05, 3.63) is 28.2 Å². The maximum Gasteiger partial charge on any atom is 0.195 e. The van der Waals surface area contributed by atoms with E-state index < -0.39 is 0 Å². The maximum absolute atomic E-state index is 11.1. The summed E-state index contributed by atoms with van der Waals surface area (Å²) in [5, 5.41) is 0.764. The molecule has 3 nitrogen and oxygen atoms in total. The normalized spacial score (nSPS) is 10.1. The molecular formula is C10H10Cl2O3. The highest BCUT2D eigenvalue weighted by molar-refractivity contribution is 6.37. The van der Waals surface area contributed by atoms with Crippen molar-refractivity contribution in [2.45, 2.75) is 0 Å². The summed E-state index contributed by atoms with van der Waals surface area (Å²) in [5.74, 6) is 0.152. The molecule has 0 fully saturated rings. The SMILES string of the molecule is COCC(=O)COc1c(Cl)cccc1Cl. The van der Waals surface area contributed by atoms with Gasteiger partial charge in [0.05, 0.1) is 10.0 Å². The van der Waals surface area contributed by atoms with Crippen molar-refractivity contribution in [1.29, 1.82) is 0 Å². The first-order chi connectivity index (χ1) is 7.15. The summed E-state index contributed by atoms with van der Waals surface area (Å²) in [6.07, 6.45) is 0. The number of benzene rings is 1. The number of halogens is 2. The Bertz CT molecular complexity index is 332. The number of Topliss-reactive ketones (excluding diaryl/α,β-unsaturated/α-hetero) is 1. The minimum absolute atomic E-state index is 0.0159. The van der Waals surface area contributed by atoms with Gasteiger partial charge in [0.2, 0.25) is 0 Å². The number of carbonyl (C=O) groups excluding carboxylic acids is 1. The Morgan fingerprint density at radius 2 is 1.87 bits per heavy atom. The highest BCUT2D eigenvalue weighted by Gasteiger charge is 2.08. The van der Waals surface area contributed by atoms with Crippen molar-refractivity contribution in [1.82, 2.24) is 0 Å². The first-order valence-electron chi connectivity index (χ1n) is 4.22. The third-order valence-electron chi connectivity index (χ3n) is 1.60. The van der Waals surface area contributed by atoms with Crippen molar-refractivity contribution in [3.8, 4) is 5.75 Å². The average Bonchev–Trinajstić information content (AvgIpc) is 2.17. The lowest BCUT2D eigenvalue weighted by Crippen LogP contribution is -2.16. The summed E-state index contributed by atoms with van der Waals surface area (Å²) < 4.78 is 9.85. The van der Waals surface area contributed by atoms with Gasteiger partial charge in [-0.3, -0.25) is 4.79 Å². The van der Waals surface area contributed by atoms with Gasteiger partial charge in [-0.05, 0) is 12.1 Å². The monoisotopic (exact) mass is 248 g/mol. The number of ketones is 1. The molecule has 0 radical (unpaired) electrons. The van der Waals surface area contributed by atoms with Crippen LogP contribution in [0.2, 0.25) is 10.0 Å². The highest BCUT2D eigenvalue weighted by atomic mass is 35.5. The summed E-state index contributed by atoms with van der Waals surface area (Å²) in [4.78, 5) is 11.1. The van der Waals surface area contributed by atoms with Crippen LogP contribution < -0.4 is 4.74 Å². The molecule has 0 atom stereocenters. The molecule has 0 aromatic heterocycles. The van der Waals surface area contributed by atoms with Crippen LogP contribution in [0.4, 0.5) is 0 Å². The van der Waals surface area contributed by atoms with E-state index in [0.29, 0.717) is 15.8 Å². The van der Waals surface area contributed by atoms with Crippen LogP contribution in [0.1, 0.15) is 0 Å². The van der Waals surface area contributed by atoms with Gasteiger partial charge < -0.3 is 9.47 Å². The molecule has 5 heteroatoms. The molecule has 0 amide bonds. The van der Waals surface area contributed by atoms with Crippen LogP contribution in [0.15, 0.2) is 18.2 Å². The van der Waals surface area contributed by atoms with Gasteiger partial charge in [0.1, 0.15) is 13.2 Å². The largest absolute Gasteiger partial charge is 0.483 e. The van der Waals surface area contributed by atoms with Gasteiger partial charge in [-0.1, -0.05) is 29.3 Å². The summed E-state index contributed by atoms with van der Waals surface area (Å²) >= 11 is 11.7. The first-order valence-corrected chi connectivity index (χ1v) is 4.98. The molecule has 0 saturated heterocycles. The minimum Gasteiger partial charge on any atom is -0.483 e. The highest BCUT2D eigenvalue weighted by Crippen LogP contribution is 2.32. The molecule has 0 N–H and O–H groups in total.